The summed E-state index contributed by atoms with van der Waals surface area (Å²) in [5.74, 6) is 0.383. The number of fused-ring (bicyclic) bond motifs is 1. The van der Waals surface area contributed by atoms with Gasteiger partial charge in [0.1, 0.15) is 5.60 Å². The van der Waals surface area contributed by atoms with Gasteiger partial charge in [-0.1, -0.05) is 6.08 Å². The predicted octanol–water partition coefficient (Wildman–Crippen LogP) is 2.78. The van der Waals surface area contributed by atoms with Gasteiger partial charge in [0.25, 0.3) is 0 Å². The lowest BCUT2D eigenvalue weighted by Gasteiger charge is -2.28. The zero-order chi connectivity index (χ0) is 11.9. The van der Waals surface area contributed by atoms with E-state index in [-0.39, 0.29) is 11.5 Å². The SMILES string of the molecule is CC(=O)c1cc(O)c2c(c1)C=CC(C)(C)O2. The van der Waals surface area contributed by atoms with E-state index in [1.807, 2.05) is 26.0 Å². The van der Waals surface area contributed by atoms with Crippen LogP contribution in [0.25, 0.3) is 6.08 Å². The average molecular weight is 218 g/mol. The normalized spacial score (nSPS) is 16.4. The molecule has 1 N–H and O–H groups in total. The van der Waals surface area contributed by atoms with Gasteiger partial charge in [-0.2, -0.15) is 0 Å². The number of phenolic OH excluding ortho intramolecular Hbond substituents is 1. The van der Waals surface area contributed by atoms with Crippen molar-refractivity contribution in [3.8, 4) is 11.5 Å². The Morgan fingerprint density at radius 2 is 2.06 bits per heavy atom. The van der Waals surface area contributed by atoms with Crippen LogP contribution in [0.5, 0.6) is 11.5 Å². The van der Waals surface area contributed by atoms with Gasteiger partial charge < -0.3 is 9.84 Å². The third kappa shape index (κ3) is 1.81. The third-order valence-electron chi connectivity index (χ3n) is 2.53. The number of carbonyl (C=O) groups excluding carboxylic acids is 1. The number of benzene rings is 1. The molecule has 0 amide bonds. The van der Waals surface area contributed by atoms with Crippen LogP contribution >= 0.6 is 0 Å². The minimum Gasteiger partial charge on any atom is -0.504 e. The largest absolute Gasteiger partial charge is 0.504 e. The molecule has 0 unspecified atom stereocenters. The summed E-state index contributed by atoms with van der Waals surface area (Å²) >= 11 is 0. The molecule has 84 valence electrons. The molecular weight excluding hydrogens is 204 g/mol. The topological polar surface area (TPSA) is 46.5 Å². The molecule has 0 radical (unpaired) electrons. The highest BCUT2D eigenvalue weighted by atomic mass is 16.5. The molecule has 1 aliphatic heterocycles. The number of ketones is 1. The second kappa shape index (κ2) is 3.37. The molecule has 1 aliphatic rings. The molecule has 0 aromatic heterocycles. The summed E-state index contributed by atoms with van der Waals surface area (Å²) in [4.78, 5) is 11.2. The zero-order valence-electron chi connectivity index (χ0n) is 9.57. The van der Waals surface area contributed by atoms with Gasteiger partial charge in [-0.05, 0) is 39.0 Å². The molecule has 1 aromatic rings. The van der Waals surface area contributed by atoms with Crippen molar-refractivity contribution in [1.82, 2.24) is 0 Å². The van der Waals surface area contributed by atoms with Crippen molar-refractivity contribution in [3.05, 3.63) is 29.3 Å². The first-order chi connectivity index (χ1) is 7.39. The monoisotopic (exact) mass is 218 g/mol. The molecule has 2 rings (SSSR count). The highest BCUT2D eigenvalue weighted by Gasteiger charge is 2.24. The summed E-state index contributed by atoms with van der Waals surface area (Å²) in [6, 6.07) is 3.17. The van der Waals surface area contributed by atoms with E-state index in [9.17, 15) is 9.90 Å². The van der Waals surface area contributed by atoms with Gasteiger partial charge >= 0.3 is 0 Å². The fraction of sp³-hybridized carbons (Fsp3) is 0.308. The van der Waals surface area contributed by atoms with Crippen molar-refractivity contribution < 1.29 is 14.6 Å². The Balaban J connectivity index is 2.56. The minimum atomic E-state index is -0.428. The summed E-state index contributed by atoms with van der Waals surface area (Å²) in [6.07, 6.45) is 3.77. The van der Waals surface area contributed by atoms with E-state index in [4.69, 9.17) is 4.74 Å². The summed E-state index contributed by atoms with van der Waals surface area (Å²) in [7, 11) is 0. The van der Waals surface area contributed by atoms with E-state index < -0.39 is 5.60 Å². The number of carbonyl (C=O) groups is 1. The molecule has 3 nitrogen and oxygen atoms in total. The summed E-state index contributed by atoms with van der Waals surface area (Å²) in [5, 5.41) is 9.81. The lowest BCUT2D eigenvalue weighted by Crippen LogP contribution is -2.27. The predicted molar refractivity (Wildman–Crippen MR) is 61.9 cm³/mol. The highest BCUT2D eigenvalue weighted by molar-refractivity contribution is 5.95. The molecule has 0 fully saturated rings. The molecule has 0 aliphatic carbocycles. The van der Waals surface area contributed by atoms with Crippen molar-refractivity contribution in [3.63, 3.8) is 0 Å². The Kier molecular flexibility index (Phi) is 2.26. The van der Waals surface area contributed by atoms with E-state index in [1.54, 1.807) is 6.07 Å². The lowest BCUT2D eigenvalue weighted by atomic mass is 9.99. The van der Waals surface area contributed by atoms with Crippen molar-refractivity contribution in [2.24, 2.45) is 0 Å². The smallest absolute Gasteiger partial charge is 0.169 e. The lowest BCUT2D eigenvalue weighted by molar-refractivity contribution is 0.101. The van der Waals surface area contributed by atoms with Crippen LogP contribution in [0, 0.1) is 0 Å². The first-order valence-corrected chi connectivity index (χ1v) is 5.15. The van der Waals surface area contributed by atoms with Crippen molar-refractivity contribution in [2.75, 3.05) is 0 Å². The summed E-state index contributed by atoms with van der Waals surface area (Å²) in [6.45, 7) is 5.29. The van der Waals surface area contributed by atoms with Crippen LogP contribution in [0.15, 0.2) is 18.2 Å². The maximum absolute atomic E-state index is 11.2. The van der Waals surface area contributed by atoms with Gasteiger partial charge in [-0.25, -0.2) is 0 Å². The van der Waals surface area contributed by atoms with Crippen LogP contribution in [0.1, 0.15) is 36.7 Å². The first kappa shape index (κ1) is 10.7. The maximum Gasteiger partial charge on any atom is 0.169 e. The second-order valence-corrected chi connectivity index (χ2v) is 4.51. The first-order valence-electron chi connectivity index (χ1n) is 5.15. The fourth-order valence-corrected chi connectivity index (χ4v) is 1.66. The molecule has 0 spiro atoms. The maximum atomic E-state index is 11.2. The number of hydrogen-bond acceptors (Lipinski definition) is 3. The van der Waals surface area contributed by atoms with Crippen molar-refractivity contribution >= 4 is 11.9 Å². The molecule has 0 bridgehead atoms. The van der Waals surface area contributed by atoms with Crippen LogP contribution in [0.3, 0.4) is 0 Å². The number of ether oxygens (including phenoxy) is 1. The molecule has 0 saturated carbocycles. The molecule has 0 atom stereocenters. The minimum absolute atomic E-state index is 0.0140. The molecule has 1 aromatic carbocycles. The Hall–Kier alpha value is -1.77. The van der Waals surface area contributed by atoms with Gasteiger partial charge in [0, 0.05) is 11.1 Å². The number of aromatic hydroxyl groups is 1. The van der Waals surface area contributed by atoms with Crippen LogP contribution in [-0.4, -0.2) is 16.5 Å². The highest BCUT2D eigenvalue weighted by Crippen LogP contribution is 2.38. The average Bonchev–Trinajstić information content (AvgIpc) is 2.18. The Morgan fingerprint density at radius 1 is 1.38 bits per heavy atom. The van der Waals surface area contributed by atoms with Crippen LogP contribution < -0.4 is 4.74 Å². The summed E-state index contributed by atoms with van der Waals surface area (Å²) in [5.41, 5.74) is 0.802. The van der Waals surface area contributed by atoms with Crippen molar-refractivity contribution in [1.29, 1.82) is 0 Å². The fourth-order valence-electron chi connectivity index (χ4n) is 1.66. The number of phenols is 1. The van der Waals surface area contributed by atoms with Gasteiger partial charge in [0.05, 0.1) is 0 Å². The molecular formula is C13H14O3. The van der Waals surface area contributed by atoms with E-state index in [1.165, 1.54) is 13.0 Å². The Bertz CT molecular complexity index is 484. The van der Waals surface area contributed by atoms with Crippen LogP contribution in [0.2, 0.25) is 0 Å². The van der Waals surface area contributed by atoms with Crippen LogP contribution in [0.4, 0.5) is 0 Å². The van der Waals surface area contributed by atoms with Gasteiger partial charge in [-0.15, -0.1) is 0 Å². The third-order valence-corrected chi connectivity index (χ3v) is 2.53. The van der Waals surface area contributed by atoms with Crippen LogP contribution in [-0.2, 0) is 0 Å². The van der Waals surface area contributed by atoms with Gasteiger partial charge in [-0.3, -0.25) is 4.79 Å². The quantitative estimate of drug-likeness (QED) is 0.737. The molecule has 3 heteroatoms. The zero-order valence-corrected chi connectivity index (χ0v) is 9.57. The Labute approximate surface area is 94.4 Å². The number of hydrogen-bond donors (Lipinski definition) is 1. The van der Waals surface area contributed by atoms with E-state index >= 15 is 0 Å². The number of Topliss-reactive ketones (excluding diaryl/α,β-unsaturated/α-hetero) is 1. The Morgan fingerprint density at radius 3 is 2.69 bits per heavy atom. The second-order valence-electron chi connectivity index (χ2n) is 4.51. The van der Waals surface area contributed by atoms with E-state index in [0.717, 1.165) is 5.56 Å². The van der Waals surface area contributed by atoms with Crippen molar-refractivity contribution in [2.45, 2.75) is 26.4 Å². The summed E-state index contributed by atoms with van der Waals surface area (Å²) < 4.78 is 5.64. The molecule has 1 heterocycles. The molecule has 16 heavy (non-hydrogen) atoms. The molecule has 0 saturated heterocycles. The van der Waals surface area contributed by atoms with E-state index in [2.05, 4.69) is 0 Å². The standard InChI is InChI=1S/C13H14O3/c1-8(14)10-6-9-4-5-13(2,3)16-12(9)11(15)7-10/h4-7,15H,1-3H3. The number of rotatable bonds is 1. The van der Waals surface area contributed by atoms with E-state index in [0.29, 0.717) is 11.3 Å². The van der Waals surface area contributed by atoms with Gasteiger partial charge in [0.15, 0.2) is 17.3 Å². The van der Waals surface area contributed by atoms with Gasteiger partial charge in [0.2, 0.25) is 0 Å².